The highest BCUT2D eigenvalue weighted by Gasteiger charge is 2.11. The van der Waals surface area contributed by atoms with Crippen molar-refractivity contribution in [3.63, 3.8) is 0 Å². The first kappa shape index (κ1) is 15.8. The quantitative estimate of drug-likeness (QED) is 0.880. The molecule has 0 bridgehead atoms. The summed E-state index contributed by atoms with van der Waals surface area (Å²) in [5.74, 6) is 1.96. The van der Waals surface area contributed by atoms with Gasteiger partial charge in [-0.15, -0.1) is 11.3 Å². The van der Waals surface area contributed by atoms with Crippen LogP contribution in [-0.4, -0.2) is 12.1 Å². The van der Waals surface area contributed by atoms with Crippen LogP contribution in [0.5, 0.6) is 11.5 Å². The molecule has 2 aromatic rings. The second-order valence-electron chi connectivity index (χ2n) is 5.31. The number of thiazole rings is 1. The number of methoxy groups -OCH3 is 1. The Morgan fingerprint density at radius 3 is 2.62 bits per heavy atom. The van der Waals surface area contributed by atoms with Crippen molar-refractivity contribution in [3.05, 3.63) is 39.8 Å². The number of rotatable bonds is 6. The molecule has 4 nitrogen and oxygen atoms in total. The normalized spacial score (nSPS) is 12.5. The zero-order chi connectivity index (χ0) is 15.4. The molecule has 1 aromatic heterocycles. The highest BCUT2D eigenvalue weighted by atomic mass is 32.1. The molecule has 0 saturated heterocycles. The standard InChI is InChI=1S/C16H22N2O2S/c1-10(2)16-18-12(9-21-16)8-20-15-7-13(19-4)5-6-14(15)11(3)17/h5-7,9-11H,8,17H2,1-4H3/t11-/m1/s1. The molecule has 114 valence electrons. The van der Waals surface area contributed by atoms with Crippen LogP contribution in [0.25, 0.3) is 0 Å². The minimum atomic E-state index is -0.0902. The Balaban J connectivity index is 2.14. The van der Waals surface area contributed by atoms with E-state index in [0.29, 0.717) is 12.5 Å². The van der Waals surface area contributed by atoms with Gasteiger partial charge in [-0.3, -0.25) is 0 Å². The first-order valence-electron chi connectivity index (χ1n) is 7.02. The molecule has 0 aliphatic heterocycles. The van der Waals surface area contributed by atoms with E-state index in [1.165, 1.54) is 0 Å². The lowest BCUT2D eigenvalue weighted by Gasteiger charge is -2.14. The molecule has 5 heteroatoms. The molecule has 1 aromatic carbocycles. The maximum atomic E-state index is 5.98. The van der Waals surface area contributed by atoms with Gasteiger partial charge in [-0.25, -0.2) is 4.98 Å². The van der Waals surface area contributed by atoms with Crippen LogP contribution in [0.4, 0.5) is 0 Å². The van der Waals surface area contributed by atoms with E-state index in [9.17, 15) is 0 Å². The maximum absolute atomic E-state index is 5.98. The number of hydrogen-bond acceptors (Lipinski definition) is 5. The van der Waals surface area contributed by atoms with E-state index >= 15 is 0 Å². The van der Waals surface area contributed by atoms with Gasteiger partial charge < -0.3 is 15.2 Å². The minimum Gasteiger partial charge on any atom is -0.497 e. The summed E-state index contributed by atoms with van der Waals surface area (Å²) in [6.45, 7) is 6.66. The predicted octanol–water partition coefficient (Wildman–Crippen LogP) is 3.87. The molecule has 1 atom stereocenters. The summed E-state index contributed by atoms with van der Waals surface area (Å²) in [7, 11) is 1.64. The van der Waals surface area contributed by atoms with Crippen molar-refractivity contribution >= 4 is 11.3 Å². The smallest absolute Gasteiger partial charge is 0.131 e. The Morgan fingerprint density at radius 2 is 2.05 bits per heavy atom. The van der Waals surface area contributed by atoms with E-state index in [4.69, 9.17) is 15.2 Å². The molecule has 0 spiro atoms. The average molecular weight is 306 g/mol. The van der Waals surface area contributed by atoms with Crippen molar-refractivity contribution in [1.82, 2.24) is 4.98 Å². The number of ether oxygens (including phenoxy) is 2. The van der Waals surface area contributed by atoms with E-state index in [1.807, 2.05) is 30.5 Å². The molecular weight excluding hydrogens is 284 g/mol. The molecule has 0 aliphatic rings. The number of hydrogen-bond donors (Lipinski definition) is 1. The molecule has 2 N–H and O–H groups in total. The van der Waals surface area contributed by atoms with E-state index in [2.05, 4.69) is 18.8 Å². The van der Waals surface area contributed by atoms with Crippen LogP contribution in [0.3, 0.4) is 0 Å². The molecular formula is C16H22N2O2S. The van der Waals surface area contributed by atoms with Gasteiger partial charge in [0.25, 0.3) is 0 Å². The maximum Gasteiger partial charge on any atom is 0.131 e. The fourth-order valence-electron chi connectivity index (χ4n) is 1.95. The van der Waals surface area contributed by atoms with Crippen molar-refractivity contribution in [2.45, 2.75) is 39.3 Å². The SMILES string of the molecule is COc1ccc([C@@H](C)N)c(OCc2csc(C(C)C)n2)c1. The summed E-state index contributed by atoms with van der Waals surface area (Å²) >= 11 is 1.67. The van der Waals surface area contributed by atoms with Crippen LogP contribution in [-0.2, 0) is 6.61 Å². The topological polar surface area (TPSA) is 57.4 Å². The van der Waals surface area contributed by atoms with Crippen molar-refractivity contribution < 1.29 is 9.47 Å². The van der Waals surface area contributed by atoms with Crippen molar-refractivity contribution in [2.75, 3.05) is 7.11 Å². The Labute approximate surface area is 129 Å². The predicted molar refractivity (Wildman–Crippen MR) is 86.1 cm³/mol. The molecule has 2 rings (SSSR count). The van der Waals surface area contributed by atoms with Crippen LogP contribution in [0, 0.1) is 0 Å². The number of nitrogens with two attached hydrogens (primary N) is 1. The van der Waals surface area contributed by atoms with Crippen LogP contribution in [0.2, 0.25) is 0 Å². The molecule has 0 amide bonds. The largest absolute Gasteiger partial charge is 0.497 e. The lowest BCUT2D eigenvalue weighted by atomic mass is 10.1. The van der Waals surface area contributed by atoms with E-state index < -0.39 is 0 Å². The Morgan fingerprint density at radius 1 is 1.29 bits per heavy atom. The van der Waals surface area contributed by atoms with Crippen molar-refractivity contribution in [1.29, 1.82) is 0 Å². The third kappa shape index (κ3) is 3.95. The van der Waals surface area contributed by atoms with Crippen LogP contribution in [0.1, 0.15) is 49.0 Å². The van der Waals surface area contributed by atoms with Crippen LogP contribution >= 0.6 is 11.3 Å². The first-order valence-corrected chi connectivity index (χ1v) is 7.89. The Hall–Kier alpha value is -1.59. The number of benzene rings is 1. The fraction of sp³-hybridized carbons (Fsp3) is 0.438. The first-order chi connectivity index (χ1) is 10.0. The van der Waals surface area contributed by atoms with Gasteiger partial charge in [-0.1, -0.05) is 19.9 Å². The van der Waals surface area contributed by atoms with Crippen LogP contribution < -0.4 is 15.2 Å². The molecule has 0 unspecified atom stereocenters. The third-order valence-corrected chi connectivity index (χ3v) is 4.34. The van der Waals surface area contributed by atoms with E-state index in [-0.39, 0.29) is 6.04 Å². The number of nitrogens with zero attached hydrogens (tertiary/aromatic N) is 1. The molecule has 21 heavy (non-hydrogen) atoms. The number of aromatic nitrogens is 1. The third-order valence-electron chi connectivity index (χ3n) is 3.15. The lowest BCUT2D eigenvalue weighted by molar-refractivity contribution is 0.295. The van der Waals surface area contributed by atoms with Gasteiger partial charge in [0.2, 0.25) is 0 Å². The van der Waals surface area contributed by atoms with Gasteiger partial charge in [0, 0.05) is 29.0 Å². The van der Waals surface area contributed by atoms with Crippen LogP contribution in [0.15, 0.2) is 23.6 Å². The molecule has 0 aliphatic carbocycles. The van der Waals surface area contributed by atoms with Crippen molar-refractivity contribution in [3.8, 4) is 11.5 Å². The second-order valence-corrected chi connectivity index (χ2v) is 6.20. The van der Waals surface area contributed by atoms with Gasteiger partial charge in [-0.2, -0.15) is 0 Å². The van der Waals surface area contributed by atoms with E-state index in [0.717, 1.165) is 27.8 Å². The van der Waals surface area contributed by atoms with Gasteiger partial charge in [0.1, 0.15) is 18.1 Å². The fourth-order valence-corrected chi connectivity index (χ4v) is 2.77. The van der Waals surface area contributed by atoms with Gasteiger partial charge in [0.15, 0.2) is 0 Å². The minimum absolute atomic E-state index is 0.0902. The summed E-state index contributed by atoms with van der Waals surface area (Å²) in [6.07, 6.45) is 0. The van der Waals surface area contributed by atoms with Gasteiger partial charge in [-0.05, 0) is 13.0 Å². The van der Waals surface area contributed by atoms with Gasteiger partial charge >= 0.3 is 0 Å². The second kappa shape index (κ2) is 6.91. The lowest BCUT2D eigenvalue weighted by Crippen LogP contribution is -2.08. The molecule has 0 fully saturated rings. The zero-order valence-corrected chi connectivity index (χ0v) is 13.7. The van der Waals surface area contributed by atoms with Crippen molar-refractivity contribution in [2.24, 2.45) is 5.73 Å². The highest BCUT2D eigenvalue weighted by molar-refractivity contribution is 7.09. The summed E-state index contributed by atoms with van der Waals surface area (Å²) in [4.78, 5) is 4.57. The molecule has 0 radical (unpaired) electrons. The average Bonchev–Trinajstić information content (AvgIpc) is 2.93. The Bertz CT molecular complexity index is 594. The summed E-state index contributed by atoms with van der Waals surface area (Å²) in [5.41, 5.74) is 7.90. The summed E-state index contributed by atoms with van der Waals surface area (Å²) < 4.78 is 11.1. The monoisotopic (exact) mass is 306 g/mol. The summed E-state index contributed by atoms with van der Waals surface area (Å²) in [5, 5.41) is 3.17. The molecule has 1 heterocycles. The highest BCUT2D eigenvalue weighted by Crippen LogP contribution is 2.29. The zero-order valence-electron chi connectivity index (χ0n) is 12.9. The van der Waals surface area contributed by atoms with Gasteiger partial charge in [0.05, 0.1) is 17.8 Å². The molecule has 0 saturated carbocycles. The summed E-state index contributed by atoms with van der Waals surface area (Å²) in [6, 6.07) is 5.62. The Kier molecular flexibility index (Phi) is 5.20. The van der Waals surface area contributed by atoms with E-state index in [1.54, 1.807) is 18.4 Å².